The Kier molecular flexibility index (Phi) is 8.34. The van der Waals surface area contributed by atoms with E-state index < -0.39 is 23.2 Å². The van der Waals surface area contributed by atoms with Gasteiger partial charge in [0.25, 0.3) is 0 Å². The summed E-state index contributed by atoms with van der Waals surface area (Å²) >= 11 is 1.09. The number of carbonyl (C=O) groups is 2. The molecule has 182 valence electrons. The van der Waals surface area contributed by atoms with Crippen LogP contribution < -0.4 is 16.4 Å². The first-order valence-corrected chi connectivity index (χ1v) is 12.2. The van der Waals surface area contributed by atoms with Gasteiger partial charge in [-0.15, -0.1) is 0 Å². The topological polar surface area (TPSA) is 159 Å². The van der Waals surface area contributed by atoms with Crippen LogP contribution in [-0.2, 0) is 20.7 Å². The molecule has 1 fully saturated rings. The Balaban J connectivity index is 1.93. The van der Waals surface area contributed by atoms with Crippen molar-refractivity contribution in [1.29, 1.82) is 10.5 Å². The van der Waals surface area contributed by atoms with Crippen LogP contribution in [0.2, 0.25) is 0 Å². The van der Waals surface area contributed by atoms with Crippen molar-refractivity contribution in [2.75, 3.05) is 18.0 Å². The maximum absolute atomic E-state index is 12.3. The Bertz CT molecular complexity index is 1180. The van der Waals surface area contributed by atoms with Crippen LogP contribution in [0.15, 0.2) is 35.4 Å². The first kappa shape index (κ1) is 26.0. The van der Waals surface area contributed by atoms with Gasteiger partial charge in [0.05, 0.1) is 24.2 Å². The van der Waals surface area contributed by atoms with Crippen LogP contribution in [0.3, 0.4) is 0 Å². The zero-order valence-corrected chi connectivity index (χ0v) is 20.7. The van der Waals surface area contributed by atoms with Crippen molar-refractivity contribution in [2.45, 2.75) is 49.6 Å². The Labute approximate surface area is 209 Å². The second-order valence-corrected chi connectivity index (χ2v) is 9.68. The lowest BCUT2D eigenvalue weighted by molar-refractivity contribution is -0.152. The summed E-state index contributed by atoms with van der Waals surface area (Å²) in [7, 11) is 0. The predicted octanol–water partition coefficient (Wildman–Crippen LogP) is 2.42. The number of nitrogens with zero attached hydrogens (tertiary/aromatic N) is 4. The molecule has 2 aromatic rings. The molecule has 0 spiro atoms. The van der Waals surface area contributed by atoms with E-state index in [9.17, 15) is 20.1 Å². The molecule has 2 atom stereocenters. The number of ether oxygens (including phenoxy) is 1. The van der Waals surface area contributed by atoms with Crippen molar-refractivity contribution in [1.82, 2.24) is 4.98 Å². The number of carbonyl (C=O) groups excluding carboxylic acids is 2. The minimum atomic E-state index is -0.760. The average Bonchev–Trinajstić information content (AvgIpc) is 2.82. The quantitative estimate of drug-likeness (QED) is 0.396. The number of aromatic nitrogens is 1. The van der Waals surface area contributed by atoms with E-state index in [1.165, 1.54) is 0 Å². The summed E-state index contributed by atoms with van der Waals surface area (Å²) in [6, 6.07) is 12.7. The number of amides is 1. The van der Waals surface area contributed by atoms with Gasteiger partial charge in [-0.05, 0) is 23.5 Å². The Morgan fingerprint density at radius 3 is 2.34 bits per heavy atom. The SMILES string of the molecule is CCc1c(C#N)c(S[C@@H](C(N)=O)c2ccccc2)nc(N2CC(OC(=O)[C@H](N)C(C)C)C2)c1C#N. The summed E-state index contributed by atoms with van der Waals surface area (Å²) < 4.78 is 5.49. The van der Waals surface area contributed by atoms with Gasteiger partial charge in [-0.3, -0.25) is 9.59 Å². The molecule has 1 amide bonds. The van der Waals surface area contributed by atoms with E-state index in [2.05, 4.69) is 17.1 Å². The Morgan fingerprint density at radius 1 is 1.20 bits per heavy atom. The zero-order valence-electron chi connectivity index (χ0n) is 19.9. The number of thioether (sulfide) groups is 1. The predicted molar refractivity (Wildman–Crippen MR) is 132 cm³/mol. The number of hydrogen-bond donors (Lipinski definition) is 2. The fourth-order valence-electron chi connectivity index (χ4n) is 3.73. The van der Waals surface area contributed by atoms with Crippen molar-refractivity contribution >= 4 is 29.5 Å². The normalized spacial score (nSPS) is 15.0. The van der Waals surface area contributed by atoms with Gasteiger partial charge in [-0.2, -0.15) is 10.5 Å². The molecule has 1 aromatic heterocycles. The highest BCUT2D eigenvalue weighted by Crippen LogP contribution is 2.40. The van der Waals surface area contributed by atoms with E-state index >= 15 is 0 Å². The van der Waals surface area contributed by atoms with Crippen LogP contribution in [-0.4, -0.2) is 42.1 Å². The van der Waals surface area contributed by atoms with Crippen LogP contribution in [0.5, 0.6) is 0 Å². The molecule has 2 heterocycles. The number of hydrogen-bond acceptors (Lipinski definition) is 9. The third kappa shape index (κ3) is 5.56. The first-order chi connectivity index (χ1) is 16.7. The smallest absolute Gasteiger partial charge is 0.323 e. The van der Waals surface area contributed by atoms with Gasteiger partial charge in [0.15, 0.2) is 0 Å². The second kappa shape index (κ2) is 11.2. The molecule has 0 radical (unpaired) electrons. The number of nitriles is 2. The molecule has 4 N–H and O–H groups in total. The molecule has 0 bridgehead atoms. The fourth-order valence-corrected chi connectivity index (χ4v) is 4.79. The molecule has 1 aromatic carbocycles. The maximum Gasteiger partial charge on any atom is 0.323 e. The molecule has 0 unspecified atom stereocenters. The van der Waals surface area contributed by atoms with Crippen LogP contribution in [0.25, 0.3) is 0 Å². The monoisotopic (exact) mass is 492 g/mol. The van der Waals surface area contributed by atoms with Crippen molar-refractivity contribution < 1.29 is 14.3 Å². The fraction of sp³-hybridized carbons (Fsp3) is 0.400. The van der Waals surface area contributed by atoms with Crippen LogP contribution in [0.1, 0.15) is 48.3 Å². The van der Waals surface area contributed by atoms with E-state index in [0.717, 1.165) is 11.8 Å². The minimum absolute atomic E-state index is 0.0430. The average molecular weight is 493 g/mol. The standard InChI is InChI=1S/C25H28N6O3S/c1-4-17-18(10-26)23(31-12-16(13-31)34-25(33)20(28)14(2)3)30-24(19(17)11-27)35-21(22(29)32)15-8-6-5-7-9-15/h5-9,14,16,20-21H,4,12-13,28H2,1-3H3,(H2,29,32)/t20-,21-/m1/s1. The summed E-state index contributed by atoms with van der Waals surface area (Å²) in [5.74, 6) is -0.676. The van der Waals surface area contributed by atoms with Gasteiger partial charge in [-0.25, -0.2) is 4.98 Å². The summed E-state index contributed by atoms with van der Waals surface area (Å²) in [5, 5.41) is 19.4. The Morgan fingerprint density at radius 2 is 1.83 bits per heavy atom. The summed E-state index contributed by atoms with van der Waals surface area (Å²) in [6.07, 6.45) is 0.0527. The Hall–Kier alpha value is -3.60. The molecular weight excluding hydrogens is 464 g/mol. The molecule has 1 saturated heterocycles. The second-order valence-electron chi connectivity index (χ2n) is 8.59. The summed E-state index contributed by atoms with van der Waals surface area (Å²) in [5.41, 5.74) is 13.4. The van der Waals surface area contributed by atoms with Crippen molar-refractivity contribution in [3.63, 3.8) is 0 Å². The number of esters is 1. The number of rotatable bonds is 9. The van der Waals surface area contributed by atoms with Gasteiger partial charge in [0.2, 0.25) is 5.91 Å². The number of benzene rings is 1. The van der Waals surface area contributed by atoms with Crippen molar-refractivity contribution in [3.05, 3.63) is 52.6 Å². The third-order valence-corrected chi connectivity index (χ3v) is 7.10. The number of primary amides is 1. The van der Waals surface area contributed by atoms with E-state index in [4.69, 9.17) is 16.2 Å². The molecule has 0 saturated carbocycles. The molecule has 0 aliphatic carbocycles. The lowest BCUT2D eigenvalue weighted by Crippen LogP contribution is -2.55. The minimum Gasteiger partial charge on any atom is -0.457 e. The molecule has 9 nitrogen and oxygen atoms in total. The molecule has 1 aliphatic heterocycles. The van der Waals surface area contributed by atoms with Gasteiger partial charge in [-0.1, -0.05) is 62.9 Å². The van der Waals surface area contributed by atoms with Gasteiger partial charge < -0.3 is 21.1 Å². The van der Waals surface area contributed by atoms with Crippen LogP contribution >= 0.6 is 11.8 Å². The summed E-state index contributed by atoms with van der Waals surface area (Å²) in [6.45, 7) is 6.23. The number of pyridine rings is 1. The van der Waals surface area contributed by atoms with Crippen molar-refractivity contribution in [2.24, 2.45) is 17.4 Å². The van der Waals surface area contributed by atoms with Gasteiger partial charge in [0, 0.05) is 0 Å². The zero-order chi connectivity index (χ0) is 25.7. The maximum atomic E-state index is 12.3. The lowest BCUT2D eigenvalue weighted by Gasteiger charge is -2.40. The van der Waals surface area contributed by atoms with E-state index in [-0.39, 0.29) is 17.6 Å². The highest BCUT2D eigenvalue weighted by molar-refractivity contribution is 8.00. The third-order valence-electron chi connectivity index (χ3n) is 5.84. The lowest BCUT2D eigenvalue weighted by atomic mass is 10.0. The molecule has 1 aliphatic rings. The van der Waals surface area contributed by atoms with Crippen LogP contribution in [0, 0.1) is 28.6 Å². The summed E-state index contributed by atoms with van der Waals surface area (Å²) in [4.78, 5) is 30.9. The largest absolute Gasteiger partial charge is 0.457 e. The number of anilines is 1. The highest BCUT2D eigenvalue weighted by Gasteiger charge is 2.36. The van der Waals surface area contributed by atoms with E-state index in [1.807, 2.05) is 31.7 Å². The van der Waals surface area contributed by atoms with Crippen molar-refractivity contribution in [3.8, 4) is 12.1 Å². The van der Waals surface area contributed by atoms with E-state index in [0.29, 0.717) is 47.0 Å². The van der Waals surface area contributed by atoms with Gasteiger partial charge in [0.1, 0.15) is 40.4 Å². The van der Waals surface area contributed by atoms with Crippen LogP contribution in [0.4, 0.5) is 5.82 Å². The van der Waals surface area contributed by atoms with Gasteiger partial charge >= 0.3 is 5.97 Å². The number of nitrogens with two attached hydrogens (primary N) is 2. The van der Waals surface area contributed by atoms with E-state index in [1.54, 1.807) is 24.3 Å². The highest BCUT2D eigenvalue weighted by atomic mass is 32.2. The molecule has 3 rings (SSSR count). The molecule has 10 heteroatoms. The first-order valence-electron chi connectivity index (χ1n) is 11.3. The molecular formula is C25H28N6O3S. The molecule has 35 heavy (non-hydrogen) atoms.